The van der Waals surface area contributed by atoms with Gasteiger partial charge in [0.05, 0.1) is 7.11 Å². The fraction of sp³-hybridized carbons (Fsp3) is 0.632. The molecule has 2 fully saturated rings. The van der Waals surface area contributed by atoms with Crippen LogP contribution in [0, 0.1) is 5.92 Å². The fourth-order valence-corrected chi connectivity index (χ4v) is 3.79. The average Bonchev–Trinajstić information content (AvgIpc) is 3.15. The Bertz CT molecular complexity index is 587. The van der Waals surface area contributed by atoms with Crippen LogP contribution in [0.2, 0.25) is 0 Å². The zero-order chi connectivity index (χ0) is 17.7. The third-order valence-electron chi connectivity index (χ3n) is 5.47. The Kier molecular flexibility index (Phi) is 5.81. The molecule has 0 aliphatic carbocycles. The van der Waals surface area contributed by atoms with Crippen LogP contribution in [-0.2, 0) is 9.53 Å². The quantitative estimate of drug-likeness (QED) is 0.815. The van der Waals surface area contributed by atoms with E-state index in [9.17, 15) is 4.79 Å². The zero-order valence-electron chi connectivity index (χ0n) is 15.2. The summed E-state index contributed by atoms with van der Waals surface area (Å²) in [7, 11) is 3.33. The minimum absolute atomic E-state index is 0.0383. The van der Waals surface area contributed by atoms with E-state index in [0.29, 0.717) is 12.5 Å². The third kappa shape index (κ3) is 4.07. The number of methoxy groups -OCH3 is 2. The van der Waals surface area contributed by atoms with Crippen LogP contribution in [0.3, 0.4) is 0 Å². The van der Waals surface area contributed by atoms with Gasteiger partial charge in [0.1, 0.15) is 11.4 Å². The summed E-state index contributed by atoms with van der Waals surface area (Å²) in [4.78, 5) is 15.0. The predicted molar refractivity (Wildman–Crippen MR) is 98.2 cm³/mol. The Labute approximate surface area is 149 Å². The van der Waals surface area contributed by atoms with Gasteiger partial charge in [-0.15, -0.1) is 0 Å². The molecule has 2 aliphatic rings. The minimum Gasteiger partial charge on any atom is -0.497 e. The molecular weight excluding hydrogens is 318 g/mol. The highest BCUT2D eigenvalue weighted by molar-refractivity contribution is 5.85. The van der Waals surface area contributed by atoms with Gasteiger partial charge in [0.15, 0.2) is 0 Å². The van der Waals surface area contributed by atoms with E-state index in [1.165, 1.54) is 5.69 Å². The number of anilines is 1. The number of carbonyl (C=O) groups is 1. The molecule has 1 amide bonds. The van der Waals surface area contributed by atoms with Gasteiger partial charge in [0, 0.05) is 38.5 Å². The van der Waals surface area contributed by atoms with E-state index in [-0.39, 0.29) is 5.91 Å². The normalized spacial score (nSPS) is 22.6. The summed E-state index contributed by atoms with van der Waals surface area (Å²) in [5.74, 6) is 1.38. The van der Waals surface area contributed by atoms with E-state index in [4.69, 9.17) is 9.47 Å². The molecule has 6 nitrogen and oxygen atoms in total. The van der Waals surface area contributed by atoms with Crippen molar-refractivity contribution in [1.82, 2.24) is 10.6 Å². The second-order valence-corrected chi connectivity index (χ2v) is 6.96. The van der Waals surface area contributed by atoms with Crippen LogP contribution in [0.15, 0.2) is 24.3 Å². The van der Waals surface area contributed by atoms with Crippen LogP contribution in [0.4, 0.5) is 5.69 Å². The number of rotatable bonds is 6. The molecule has 1 aromatic carbocycles. The van der Waals surface area contributed by atoms with Crippen LogP contribution in [-0.4, -0.2) is 58.5 Å². The van der Waals surface area contributed by atoms with Gasteiger partial charge in [-0.05, 0) is 50.4 Å². The topological polar surface area (TPSA) is 62.8 Å². The van der Waals surface area contributed by atoms with Crippen molar-refractivity contribution in [2.75, 3.05) is 51.8 Å². The Morgan fingerprint density at radius 3 is 2.88 bits per heavy atom. The maximum Gasteiger partial charge on any atom is 0.252 e. The molecule has 2 saturated heterocycles. The van der Waals surface area contributed by atoms with Crippen LogP contribution in [0.1, 0.15) is 19.3 Å². The number of carbonyl (C=O) groups excluding carboxylic acids is 1. The summed E-state index contributed by atoms with van der Waals surface area (Å²) in [6.07, 6.45) is 2.55. The van der Waals surface area contributed by atoms with Crippen molar-refractivity contribution in [2.24, 2.45) is 5.92 Å². The molecule has 1 unspecified atom stereocenters. The number of nitrogens with one attached hydrogen (secondary N) is 2. The van der Waals surface area contributed by atoms with E-state index in [2.05, 4.69) is 27.7 Å². The number of benzene rings is 1. The summed E-state index contributed by atoms with van der Waals surface area (Å²) < 4.78 is 10.9. The first-order chi connectivity index (χ1) is 12.2. The van der Waals surface area contributed by atoms with E-state index >= 15 is 0 Å². The summed E-state index contributed by atoms with van der Waals surface area (Å²) in [5, 5.41) is 6.42. The number of nitrogens with zero attached hydrogens (tertiary/aromatic N) is 1. The summed E-state index contributed by atoms with van der Waals surface area (Å²) in [6.45, 7) is 4.32. The molecule has 0 spiro atoms. The fourth-order valence-electron chi connectivity index (χ4n) is 3.79. The van der Waals surface area contributed by atoms with Crippen molar-refractivity contribution in [3.63, 3.8) is 0 Å². The Morgan fingerprint density at radius 2 is 2.16 bits per heavy atom. The van der Waals surface area contributed by atoms with E-state index < -0.39 is 5.60 Å². The van der Waals surface area contributed by atoms with E-state index in [0.717, 1.165) is 51.2 Å². The maximum absolute atomic E-state index is 12.6. The molecule has 2 heterocycles. The lowest BCUT2D eigenvalue weighted by Crippen LogP contribution is -2.54. The molecule has 0 aromatic heterocycles. The highest BCUT2D eigenvalue weighted by atomic mass is 16.5. The Hall–Kier alpha value is -1.79. The summed E-state index contributed by atoms with van der Waals surface area (Å²) in [5.41, 5.74) is 0.524. The molecule has 0 radical (unpaired) electrons. The molecule has 25 heavy (non-hydrogen) atoms. The molecule has 6 heteroatoms. The molecule has 3 rings (SSSR count). The van der Waals surface area contributed by atoms with Gasteiger partial charge in [-0.1, -0.05) is 6.07 Å². The molecule has 0 bridgehead atoms. The first-order valence-corrected chi connectivity index (χ1v) is 9.10. The third-order valence-corrected chi connectivity index (χ3v) is 5.47. The molecule has 1 aromatic rings. The van der Waals surface area contributed by atoms with Gasteiger partial charge in [0.2, 0.25) is 0 Å². The smallest absolute Gasteiger partial charge is 0.252 e. The van der Waals surface area contributed by atoms with Gasteiger partial charge in [-0.25, -0.2) is 0 Å². The molecular formula is C19H29N3O3. The summed E-state index contributed by atoms with van der Waals surface area (Å²) in [6, 6.07) is 8.15. The molecule has 0 saturated carbocycles. The highest BCUT2D eigenvalue weighted by Crippen LogP contribution is 2.27. The first-order valence-electron chi connectivity index (χ1n) is 9.10. The van der Waals surface area contributed by atoms with Crippen molar-refractivity contribution >= 4 is 11.6 Å². The minimum atomic E-state index is -0.656. The summed E-state index contributed by atoms with van der Waals surface area (Å²) >= 11 is 0. The number of ether oxygens (including phenoxy) is 2. The number of hydrogen-bond donors (Lipinski definition) is 2. The maximum atomic E-state index is 12.6. The lowest BCUT2D eigenvalue weighted by atomic mass is 9.91. The van der Waals surface area contributed by atoms with Crippen molar-refractivity contribution < 1.29 is 14.3 Å². The predicted octanol–water partition coefficient (Wildman–Crippen LogP) is 1.41. The van der Waals surface area contributed by atoms with Crippen molar-refractivity contribution in [3.8, 4) is 5.75 Å². The van der Waals surface area contributed by atoms with Crippen molar-refractivity contribution in [2.45, 2.75) is 24.9 Å². The molecule has 2 aliphatic heterocycles. The standard InChI is InChI=1S/C19H29N3O3/c1-24-17-5-3-4-16(12-17)22-11-6-15(14-22)13-21-18(23)19(25-2)7-9-20-10-8-19/h3-5,12,15,20H,6-11,13-14H2,1-2H3,(H,21,23). The molecule has 138 valence electrons. The second kappa shape index (κ2) is 8.06. The van der Waals surface area contributed by atoms with Crippen LogP contribution >= 0.6 is 0 Å². The SMILES string of the molecule is COc1cccc(N2CCC(CNC(=O)C3(OC)CCNCC3)C2)c1. The van der Waals surface area contributed by atoms with Gasteiger partial charge in [0.25, 0.3) is 5.91 Å². The number of amides is 1. The van der Waals surface area contributed by atoms with Gasteiger partial charge in [-0.2, -0.15) is 0 Å². The first kappa shape index (κ1) is 18.0. The lowest BCUT2D eigenvalue weighted by Gasteiger charge is -2.35. The average molecular weight is 347 g/mol. The second-order valence-electron chi connectivity index (χ2n) is 6.96. The lowest BCUT2D eigenvalue weighted by molar-refractivity contribution is -0.146. The van der Waals surface area contributed by atoms with Crippen LogP contribution < -0.4 is 20.3 Å². The highest BCUT2D eigenvalue weighted by Gasteiger charge is 2.39. The van der Waals surface area contributed by atoms with Crippen molar-refractivity contribution in [1.29, 1.82) is 0 Å². The van der Waals surface area contributed by atoms with Crippen molar-refractivity contribution in [3.05, 3.63) is 24.3 Å². The Morgan fingerprint density at radius 1 is 1.36 bits per heavy atom. The van der Waals surface area contributed by atoms with E-state index in [1.807, 2.05) is 12.1 Å². The van der Waals surface area contributed by atoms with Crippen LogP contribution in [0.5, 0.6) is 5.75 Å². The van der Waals surface area contributed by atoms with Gasteiger partial charge < -0.3 is 25.0 Å². The van der Waals surface area contributed by atoms with Gasteiger partial charge >= 0.3 is 0 Å². The monoisotopic (exact) mass is 347 g/mol. The largest absolute Gasteiger partial charge is 0.497 e. The zero-order valence-corrected chi connectivity index (χ0v) is 15.2. The van der Waals surface area contributed by atoms with E-state index in [1.54, 1.807) is 14.2 Å². The number of hydrogen-bond acceptors (Lipinski definition) is 5. The molecule has 1 atom stereocenters. The Balaban J connectivity index is 1.52. The van der Waals surface area contributed by atoms with Crippen LogP contribution in [0.25, 0.3) is 0 Å². The molecule has 2 N–H and O–H groups in total. The van der Waals surface area contributed by atoms with Gasteiger partial charge in [-0.3, -0.25) is 4.79 Å². The number of piperidine rings is 1.